The first-order chi connectivity index (χ1) is 8.43. The van der Waals surface area contributed by atoms with Gasteiger partial charge in [0.25, 0.3) is 0 Å². The minimum Gasteiger partial charge on any atom is -0.492 e. The molecule has 0 saturated carbocycles. The van der Waals surface area contributed by atoms with Crippen molar-refractivity contribution in [3.63, 3.8) is 0 Å². The Labute approximate surface area is 103 Å². The number of fused-ring (bicyclic) bond motifs is 1. The summed E-state index contributed by atoms with van der Waals surface area (Å²) >= 11 is 0. The Morgan fingerprint density at radius 2 is 2.29 bits per heavy atom. The molecule has 3 heteroatoms. The second kappa shape index (κ2) is 5.07. The third-order valence-electron chi connectivity index (χ3n) is 3.71. The van der Waals surface area contributed by atoms with Gasteiger partial charge in [-0.1, -0.05) is 12.1 Å². The van der Waals surface area contributed by atoms with Crippen molar-refractivity contribution >= 4 is 0 Å². The molecular weight excluding hydrogens is 212 g/mol. The van der Waals surface area contributed by atoms with E-state index in [-0.39, 0.29) is 0 Å². The summed E-state index contributed by atoms with van der Waals surface area (Å²) in [7, 11) is 0. The van der Waals surface area contributed by atoms with Gasteiger partial charge in [-0.25, -0.2) is 0 Å². The van der Waals surface area contributed by atoms with E-state index in [1.54, 1.807) is 0 Å². The van der Waals surface area contributed by atoms with E-state index < -0.39 is 0 Å². The number of hydrogen-bond donors (Lipinski definition) is 2. The van der Waals surface area contributed by atoms with Crippen LogP contribution in [0.5, 0.6) is 5.75 Å². The van der Waals surface area contributed by atoms with Gasteiger partial charge in [-0.3, -0.25) is 0 Å². The fourth-order valence-electron chi connectivity index (χ4n) is 2.71. The molecule has 92 valence electrons. The first kappa shape index (κ1) is 11.1. The van der Waals surface area contributed by atoms with Crippen molar-refractivity contribution in [1.29, 1.82) is 0 Å². The molecule has 0 aliphatic carbocycles. The Balaban J connectivity index is 1.69. The van der Waals surface area contributed by atoms with Crippen LogP contribution in [0.3, 0.4) is 0 Å². The van der Waals surface area contributed by atoms with Crippen molar-refractivity contribution in [3.05, 3.63) is 29.3 Å². The first-order valence-electron chi connectivity index (χ1n) is 6.61. The van der Waals surface area contributed by atoms with Gasteiger partial charge in [0.05, 0.1) is 0 Å². The lowest BCUT2D eigenvalue weighted by atomic mass is 10.0. The van der Waals surface area contributed by atoms with Crippen molar-refractivity contribution in [2.75, 3.05) is 19.7 Å². The third kappa shape index (κ3) is 2.45. The highest BCUT2D eigenvalue weighted by atomic mass is 16.5. The van der Waals surface area contributed by atoms with Crippen molar-refractivity contribution in [2.24, 2.45) is 0 Å². The topological polar surface area (TPSA) is 33.3 Å². The van der Waals surface area contributed by atoms with Crippen molar-refractivity contribution in [1.82, 2.24) is 10.6 Å². The maximum absolute atomic E-state index is 5.99. The second-order valence-corrected chi connectivity index (χ2v) is 4.92. The lowest BCUT2D eigenvalue weighted by molar-refractivity contribution is 0.273. The SMILES string of the molecule is c1cc2c(c(OCC3CCCN3)c1)CNCC2. The van der Waals surface area contributed by atoms with Crippen LogP contribution in [0.15, 0.2) is 18.2 Å². The molecule has 0 amide bonds. The van der Waals surface area contributed by atoms with E-state index in [1.165, 1.54) is 24.0 Å². The van der Waals surface area contributed by atoms with Crippen molar-refractivity contribution < 1.29 is 4.74 Å². The van der Waals surface area contributed by atoms with Gasteiger partial charge in [0.2, 0.25) is 0 Å². The summed E-state index contributed by atoms with van der Waals surface area (Å²) in [6.07, 6.45) is 3.64. The molecule has 2 heterocycles. The zero-order valence-corrected chi connectivity index (χ0v) is 10.2. The van der Waals surface area contributed by atoms with Crippen molar-refractivity contribution in [3.8, 4) is 5.75 Å². The highest BCUT2D eigenvalue weighted by Gasteiger charge is 2.17. The Bertz CT molecular complexity index is 386. The molecule has 17 heavy (non-hydrogen) atoms. The van der Waals surface area contributed by atoms with Gasteiger partial charge >= 0.3 is 0 Å². The molecule has 1 aromatic rings. The predicted octanol–water partition coefficient (Wildman–Crippen LogP) is 1.46. The van der Waals surface area contributed by atoms with E-state index in [9.17, 15) is 0 Å². The molecule has 2 N–H and O–H groups in total. The summed E-state index contributed by atoms with van der Waals surface area (Å²) in [6.45, 7) is 3.98. The molecule has 2 aliphatic rings. The minimum atomic E-state index is 0.544. The molecule has 1 unspecified atom stereocenters. The Morgan fingerprint density at radius 3 is 3.18 bits per heavy atom. The van der Waals surface area contributed by atoms with Crippen LogP contribution < -0.4 is 15.4 Å². The van der Waals surface area contributed by atoms with E-state index >= 15 is 0 Å². The molecule has 0 radical (unpaired) electrons. The van der Waals surface area contributed by atoms with E-state index in [2.05, 4.69) is 28.8 Å². The number of benzene rings is 1. The zero-order valence-electron chi connectivity index (χ0n) is 10.2. The smallest absolute Gasteiger partial charge is 0.124 e. The number of hydrogen-bond acceptors (Lipinski definition) is 3. The quantitative estimate of drug-likeness (QED) is 0.828. The highest BCUT2D eigenvalue weighted by Crippen LogP contribution is 2.25. The van der Waals surface area contributed by atoms with Gasteiger partial charge in [0.15, 0.2) is 0 Å². The Kier molecular flexibility index (Phi) is 3.29. The molecular formula is C14H20N2O. The standard InChI is InChI=1S/C14H20N2O/c1-3-11-6-8-15-9-13(11)14(5-1)17-10-12-4-2-7-16-12/h1,3,5,12,15-16H,2,4,6-10H2. The lowest BCUT2D eigenvalue weighted by Gasteiger charge is -2.21. The molecule has 3 rings (SSSR count). The summed E-state index contributed by atoms with van der Waals surface area (Å²) in [5, 5.41) is 6.88. The Hall–Kier alpha value is -1.06. The zero-order chi connectivity index (χ0) is 11.5. The summed E-state index contributed by atoms with van der Waals surface area (Å²) in [6, 6.07) is 6.97. The van der Waals surface area contributed by atoms with E-state index in [0.717, 1.165) is 38.4 Å². The van der Waals surface area contributed by atoms with Crippen LogP contribution in [0.2, 0.25) is 0 Å². The minimum absolute atomic E-state index is 0.544. The monoisotopic (exact) mass is 232 g/mol. The second-order valence-electron chi connectivity index (χ2n) is 4.92. The highest BCUT2D eigenvalue weighted by molar-refractivity contribution is 5.41. The number of nitrogens with one attached hydrogen (secondary N) is 2. The number of rotatable bonds is 3. The first-order valence-corrected chi connectivity index (χ1v) is 6.61. The molecule has 1 saturated heterocycles. The van der Waals surface area contributed by atoms with E-state index in [1.807, 2.05) is 0 Å². The van der Waals surface area contributed by atoms with Crippen LogP contribution in [-0.2, 0) is 13.0 Å². The van der Waals surface area contributed by atoms with Gasteiger partial charge in [-0.15, -0.1) is 0 Å². The van der Waals surface area contributed by atoms with Crippen LogP contribution in [0.1, 0.15) is 24.0 Å². The average Bonchev–Trinajstić information content (AvgIpc) is 2.89. The average molecular weight is 232 g/mol. The molecule has 0 spiro atoms. The van der Waals surface area contributed by atoms with E-state index in [4.69, 9.17) is 4.74 Å². The summed E-state index contributed by atoms with van der Waals surface area (Å²) in [5.41, 5.74) is 2.80. The molecule has 3 nitrogen and oxygen atoms in total. The third-order valence-corrected chi connectivity index (χ3v) is 3.71. The number of ether oxygens (including phenoxy) is 1. The maximum atomic E-state index is 5.99. The summed E-state index contributed by atoms with van der Waals surface area (Å²) in [4.78, 5) is 0. The van der Waals surface area contributed by atoms with Crippen LogP contribution in [-0.4, -0.2) is 25.7 Å². The predicted molar refractivity (Wildman–Crippen MR) is 68.4 cm³/mol. The molecule has 1 fully saturated rings. The van der Waals surface area contributed by atoms with Gasteiger partial charge < -0.3 is 15.4 Å². The molecule has 1 atom stereocenters. The molecule has 0 aromatic heterocycles. The largest absolute Gasteiger partial charge is 0.492 e. The van der Waals surface area contributed by atoms with Crippen LogP contribution in [0.4, 0.5) is 0 Å². The van der Waals surface area contributed by atoms with Crippen molar-refractivity contribution in [2.45, 2.75) is 31.8 Å². The maximum Gasteiger partial charge on any atom is 0.124 e. The molecule has 0 bridgehead atoms. The fraction of sp³-hybridized carbons (Fsp3) is 0.571. The van der Waals surface area contributed by atoms with Gasteiger partial charge in [-0.2, -0.15) is 0 Å². The molecule has 2 aliphatic heterocycles. The fourth-order valence-corrected chi connectivity index (χ4v) is 2.71. The van der Waals surface area contributed by atoms with E-state index in [0.29, 0.717) is 6.04 Å². The Morgan fingerprint density at radius 1 is 1.29 bits per heavy atom. The van der Waals surface area contributed by atoms with Gasteiger partial charge in [-0.05, 0) is 44.0 Å². The van der Waals surface area contributed by atoms with Crippen LogP contribution in [0, 0.1) is 0 Å². The molecule has 1 aromatic carbocycles. The van der Waals surface area contributed by atoms with Crippen LogP contribution in [0.25, 0.3) is 0 Å². The van der Waals surface area contributed by atoms with Gasteiger partial charge in [0, 0.05) is 18.2 Å². The lowest BCUT2D eigenvalue weighted by Crippen LogP contribution is -2.29. The van der Waals surface area contributed by atoms with Crippen LogP contribution >= 0.6 is 0 Å². The summed E-state index contributed by atoms with van der Waals surface area (Å²) in [5.74, 6) is 1.07. The normalized spacial score (nSPS) is 23.4. The van der Waals surface area contributed by atoms with Gasteiger partial charge in [0.1, 0.15) is 12.4 Å². The summed E-state index contributed by atoms with van der Waals surface area (Å²) < 4.78 is 5.99.